The van der Waals surface area contributed by atoms with Gasteiger partial charge in [-0.05, 0) is 36.7 Å². The number of carbonyl (C=O) groups excluding carboxylic acids is 4. The number of nitrogens with zero attached hydrogens (tertiary/aromatic N) is 2. The van der Waals surface area contributed by atoms with Crippen LogP contribution in [0.1, 0.15) is 24.8 Å². The minimum Gasteiger partial charge on any atom is -0.496 e. The molecule has 0 unspecified atom stereocenters. The molecule has 2 aliphatic rings. The molecule has 0 saturated carbocycles. The van der Waals surface area contributed by atoms with Gasteiger partial charge in [-0.3, -0.25) is 24.1 Å². The van der Waals surface area contributed by atoms with Gasteiger partial charge in [-0.1, -0.05) is 18.2 Å². The Morgan fingerprint density at radius 3 is 2.79 bits per heavy atom. The Morgan fingerprint density at radius 1 is 1.28 bits per heavy atom. The lowest BCUT2D eigenvalue weighted by atomic mass is 10.2. The lowest BCUT2D eigenvalue weighted by Gasteiger charge is -2.16. The number of imide groups is 1. The number of amides is 4. The van der Waals surface area contributed by atoms with Crippen LogP contribution in [0.2, 0.25) is 0 Å². The second-order valence-electron chi connectivity index (χ2n) is 6.70. The van der Waals surface area contributed by atoms with Crippen molar-refractivity contribution in [1.29, 1.82) is 0 Å². The third-order valence-corrected chi connectivity index (χ3v) is 5.61. The molecule has 0 aromatic heterocycles. The van der Waals surface area contributed by atoms with Gasteiger partial charge < -0.3 is 15.0 Å². The summed E-state index contributed by atoms with van der Waals surface area (Å²) >= 11 is 0.802. The topological polar surface area (TPSA) is 96.0 Å². The molecule has 0 aliphatic carbocycles. The van der Waals surface area contributed by atoms with Gasteiger partial charge in [0.2, 0.25) is 11.8 Å². The molecular weight excluding hydrogens is 394 g/mol. The molecule has 0 atom stereocenters. The summed E-state index contributed by atoms with van der Waals surface area (Å²) in [5.74, 6) is -0.160. The Bertz CT molecular complexity index is 854. The highest BCUT2D eigenvalue weighted by atomic mass is 32.2. The molecule has 3 rings (SSSR count). The first-order chi connectivity index (χ1) is 14.0. The zero-order valence-electron chi connectivity index (χ0n) is 16.2. The van der Waals surface area contributed by atoms with E-state index in [9.17, 15) is 19.2 Å². The van der Waals surface area contributed by atoms with Crippen molar-refractivity contribution in [2.75, 3.05) is 33.3 Å². The Balaban J connectivity index is 1.51. The monoisotopic (exact) mass is 417 g/mol. The highest BCUT2D eigenvalue weighted by Gasteiger charge is 2.36. The summed E-state index contributed by atoms with van der Waals surface area (Å²) < 4.78 is 5.26. The van der Waals surface area contributed by atoms with Crippen molar-refractivity contribution in [3.63, 3.8) is 0 Å². The van der Waals surface area contributed by atoms with Crippen LogP contribution in [0, 0.1) is 0 Å². The lowest BCUT2D eigenvalue weighted by Crippen LogP contribution is -2.40. The summed E-state index contributed by atoms with van der Waals surface area (Å²) in [7, 11) is 1.53. The predicted molar refractivity (Wildman–Crippen MR) is 109 cm³/mol. The van der Waals surface area contributed by atoms with Crippen LogP contribution in [-0.4, -0.2) is 66.0 Å². The number of benzene rings is 1. The number of nitrogens with one attached hydrogen (secondary N) is 1. The third kappa shape index (κ3) is 5.17. The van der Waals surface area contributed by atoms with Gasteiger partial charge in [0.1, 0.15) is 12.3 Å². The van der Waals surface area contributed by atoms with Crippen molar-refractivity contribution in [2.24, 2.45) is 0 Å². The largest absolute Gasteiger partial charge is 0.496 e. The molecule has 0 bridgehead atoms. The molecule has 1 N–H and O–H groups in total. The van der Waals surface area contributed by atoms with Gasteiger partial charge in [-0.2, -0.15) is 0 Å². The Kier molecular flexibility index (Phi) is 6.92. The molecule has 1 aromatic rings. The summed E-state index contributed by atoms with van der Waals surface area (Å²) in [6.07, 6.45) is 3.70. The molecule has 2 fully saturated rings. The van der Waals surface area contributed by atoms with Crippen LogP contribution >= 0.6 is 11.8 Å². The number of rotatable bonds is 8. The van der Waals surface area contributed by atoms with Gasteiger partial charge >= 0.3 is 0 Å². The van der Waals surface area contributed by atoms with E-state index in [1.807, 2.05) is 12.1 Å². The summed E-state index contributed by atoms with van der Waals surface area (Å²) in [5, 5.41) is 2.22. The van der Waals surface area contributed by atoms with Gasteiger partial charge in [0.25, 0.3) is 11.1 Å². The Morgan fingerprint density at radius 2 is 2.07 bits per heavy atom. The molecule has 8 nitrogen and oxygen atoms in total. The minimum absolute atomic E-state index is 0.149. The average Bonchev–Trinajstić information content (AvgIpc) is 3.23. The number of ether oxygens (including phenoxy) is 1. The summed E-state index contributed by atoms with van der Waals surface area (Å²) in [4.78, 5) is 51.4. The van der Waals surface area contributed by atoms with E-state index in [0.29, 0.717) is 37.2 Å². The zero-order valence-corrected chi connectivity index (χ0v) is 17.0. The van der Waals surface area contributed by atoms with Crippen LogP contribution in [0.25, 0.3) is 6.08 Å². The van der Waals surface area contributed by atoms with Crippen LogP contribution in [0.5, 0.6) is 5.75 Å². The fourth-order valence-corrected chi connectivity index (χ4v) is 4.03. The highest BCUT2D eigenvalue weighted by molar-refractivity contribution is 8.18. The van der Waals surface area contributed by atoms with Crippen molar-refractivity contribution in [3.05, 3.63) is 34.7 Å². The normalized spacial score (nSPS) is 18.1. The van der Waals surface area contributed by atoms with E-state index in [-0.39, 0.29) is 17.4 Å². The summed E-state index contributed by atoms with van der Waals surface area (Å²) in [6.45, 7) is 1.43. The van der Waals surface area contributed by atoms with E-state index < -0.39 is 17.1 Å². The minimum atomic E-state index is -0.497. The van der Waals surface area contributed by atoms with Crippen molar-refractivity contribution in [3.8, 4) is 5.75 Å². The summed E-state index contributed by atoms with van der Waals surface area (Å²) in [5.41, 5.74) is 0.682. The second-order valence-corrected chi connectivity index (χ2v) is 7.69. The Labute approximate surface area is 173 Å². The van der Waals surface area contributed by atoms with Crippen LogP contribution in [0.4, 0.5) is 4.79 Å². The molecule has 2 aliphatic heterocycles. The SMILES string of the molecule is COc1ccccc1C=C1SC(=O)N(CC(=O)NCCCN2CCCC2=O)C1=O. The van der Waals surface area contributed by atoms with Crippen LogP contribution in [0.15, 0.2) is 29.2 Å². The molecule has 0 radical (unpaired) electrons. The van der Waals surface area contributed by atoms with E-state index in [1.165, 1.54) is 7.11 Å². The van der Waals surface area contributed by atoms with Gasteiger partial charge in [0.15, 0.2) is 0 Å². The molecule has 0 spiro atoms. The molecule has 9 heteroatoms. The van der Waals surface area contributed by atoms with Gasteiger partial charge in [-0.25, -0.2) is 0 Å². The van der Waals surface area contributed by atoms with Crippen LogP contribution in [0.3, 0.4) is 0 Å². The molecular formula is C20H23N3O5S. The molecule has 4 amide bonds. The van der Waals surface area contributed by atoms with E-state index in [2.05, 4.69) is 5.32 Å². The predicted octanol–water partition coefficient (Wildman–Crippen LogP) is 1.86. The molecule has 1 aromatic carbocycles. The number of methoxy groups -OCH3 is 1. The number of thioether (sulfide) groups is 1. The second kappa shape index (κ2) is 9.60. The standard InChI is InChI=1S/C20H23N3O5S/c1-28-15-7-3-2-6-14(15)12-16-19(26)23(20(27)29-16)13-17(24)21-9-5-11-22-10-4-8-18(22)25/h2-3,6-7,12H,4-5,8-11,13H2,1H3,(H,21,24). The fraction of sp³-hybridized carbons (Fsp3) is 0.400. The zero-order chi connectivity index (χ0) is 20.8. The summed E-state index contributed by atoms with van der Waals surface area (Å²) in [6, 6.07) is 7.16. The maximum absolute atomic E-state index is 12.5. The van der Waals surface area contributed by atoms with Crippen LogP contribution in [-0.2, 0) is 14.4 Å². The number of para-hydroxylation sites is 1. The van der Waals surface area contributed by atoms with E-state index >= 15 is 0 Å². The average molecular weight is 417 g/mol. The fourth-order valence-electron chi connectivity index (χ4n) is 3.20. The van der Waals surface area contributed by atoms with Crippen molar-refractivity contribution in [1.82, 2.24) is 15.1 Å². The number of carbonyl (C=O) groups is 4. The quantitative estimate of drug-likeness (QED) is 0.512. The van der Waals surface area contributed by atoms with Gasteiger partial charge in [0.05, 0.1) is 12.0 Å². The number of likely N-dealkylation sites (tertiary alicyclic amines) is 1. The van der Waals surface area contributed by atoms with E-state index in [0.717, 1.165) is 29.6 Å². The lowest BCUT2D eigenvalue weighted by molar-refractivity contribution is -0.129. The first kappa shape index (κ1) is 20.9. The van der Waals surface area contributed by atoms with Crippen LogP contribution < -0.4 is 10.1 Å². The number of hydrogen-bond donors (Lipinski definition) is 1. The smallest absolute Gasteiger partial charge is 0.294 e. The number of hydrogen-bond acceptors (Lipinski definition) is 6. The molecule has 2 saturated heterocycles. The van der Waals surface area contributed by atoms with Crippen molar-refractivity contribution < 1.29 is 23.9 Å². The van der Waals surface area contributed by atoms with Gasteiger partial charge in [0, 0.05) is 31.6 Å². The van der Waals surface area contributed by atoms with Gasteiger partial charge in [-0.15, -0.1) is 0 Å². The van der Waals surface area contributed by atoms with E-state index in [1.54, 1.807) is 23.1 Å². The molecule has 29 heavy (non-hydrogen) atoms. The first-order valence-electron chi connectivity index (χ1n) is 9.42. The third-order valence-electron chi connectivity index (χ3n) is 4.70. The highest BCUT2D eigenvalue weighted by Crippen LogP contribution is 2.33. The molecule has 154 valence electrons. The van der Waals surface area contributed by atoms with Crippen molar-refractivity contribution >= 4 is 40.8 Å². The van der Waals surface area contributed by atoms with E-state index in [4.69, 9.17) is 4.74 Å². The maximum Gasteiger partial charge on any atom is 0.294 e. The maximum atomic E-state index is 12.5. The first-order valence-corrected chi connectivity index (χ1v) is 10.2. The Hall–Kier alpha value is -2.81. The molecule has 2 heterocycles. The van der Waals surface area contributed by atoms with Crippen molar-refractivity contribution in [2.45, 2.75) is 19.3 Å².